The highest BCUT2D eigenvalue weighted by Crippen LogP contribution is 2.17. The van der Waals surface area contributed by atoms with E-state index in [1.54, 1.807) is 12.1 Å². The van der Waals surface area contributed by atoms with Crippen LogP contribution in [-0.4, -0.2) is 43.0 Å². The molecule has 2 N–H and O–H groups in total. The summed E-state index contributed by atoms with van der Waals surface area (Å²) in [4.78, 5) is 16.7. The standard InChI is InChI=1S/C20H24FN3O/c21-17-7-9-18(10-8-17)23-11-4-12-24(14-13-23)20(25)19(22)15-16-5-2-1-3-6-16/h1-3,5-10,19H,4,11-15,22H2/t19-/m1/s1. The van der Waals surface area contributed by atoms with Gasteiger partial charge in [-0.05, 0) is 42.7 Å². The van der Waals surface area contributed by atoms with Crippen molar-refractivity contribution in [2.75, 3.05) is 31.1 Å². The number of rotatable bonds is 4. The minimum atomic E-state index is -0.514. The Hall–Kier alpha value is -2.40. The zero-order chi connectivity index (χ0) is 17.6. The van der Waals surface area contributed by atoms with E-state index < -0.39 is 6.04 Å². The Labute approximate surface area is 148 Å². The van der Waals surface area contributed by atoms with Gasteiger partial charge in [0, 0.05) is 31.9 Å². The van der Waals surface area contributed by atoms with Gasteiger partial charge >= 0.3 is 0 Å². The van der Waals surface area contributed by atoms with Gasteiger partial charge in [-0.2, -0.15) is 0 Å². The molecular formula is C20H24FN3O. The van der Waals surface area contributed by atoms with Gasteiger partial charge in [0.15, 0.2) is 0 Å². The second kappa shape index (κ2) is 8.12. The Morgan fingerprint density at radius 2 is 1.72 bits per heavy atom. The Bertz CT molecular complexity index is 690. The molecule has 0 radical (unpaired) electrons. The van der Waals surface area contributed by atoms with Gasteiger partial charge < -0.3 is 15.5 Å². The molecule has 1 saturated heterocycles. The third-order valence-electron chi connectivity index (χ3n) is 4.61. The molecule has 0 bridgehead atoms. The van der Waals surface area contributed by atoms with Crippen LogP contribution in [0.4, 0.5) is 10.1 Å². The molecule has 1 amide bonds. The number of anilines is 1. The Kier molecular flexibility index (Phi) is 5.66. The quantitative estimate of drug-likeness (QED) is 0.929. The van der Waals surface area contributed by atoms with E-state index in [-0.39, 0.29) is 11.7 Å². The molecular weight excluding hydrogens is 317 g/mol. The van der Waals surface area contributed by atoms with Crippen LogP contribution in [0.25, 0.3) is 0 Å². The van der Waals surface area contributed by atoms with Crippen molar-refractivity contribution in [2.24, 2.45) is 5.73 Å². The lowest BCUT2D eigenvalue weighted by Crippen LogP contribution is -2.46. The fraction of sp³-hybridized carbons (Fsp3) is 0.350. The second-order valence-electron chi connectivity index (χ2n) is 6.44. The third-order valence-corrected chi connectivity index (χ3v) is 4.61. The van der Waals surface area contributed by atoms with E-state index in [1.807, 2.05) is 35.2 Å². The Morgan fingerprint density at radius 1 is 1.00 bits per heavy atom. The van der Waals surface area contributed by atoms with Gasteiger partial charge in [0.05, 0.1) is 6.04 Å². The van der Waals surface area contributed by atoms with Gasteiger partial charge in [0.1, 0.15) is 5.82 Å². The lowest BCUT2D eigenvalue weighted by Gasteiger charge is -2.25. The van der Waals surface area contributed by atoms with Crippen molar-refractivity contribution in [2.45, 2.75) is 18.9 Å². The fourth-order valence-electron chi connectivity index (χ4n) is 3.24. The van der Waals surface area contributed by atoms with Crippen LogP contribution in [-0.2, 0) is 11.2 Å². The minimum absolute atomic E-state index is 0.00445. The molecule has 0 aliphatic carbocycles. The molecule has 25 heavy (non-hydrogen) atoms. The van der Waals surface area contributed by atoms with Gasteiger partial charge in [-0.3, -0.25) is 4.79 Å². The highest BCUT2D eigenvalue weighted by Gasteiger charge is 2.24. The maximum atomic E-state index is 13.1. The van der Waals surface area contributed by atoms with Crippen molar-refractivity contribution >= 4 is 11.6 Å². The molecule has 2 aromatic rings. The van der Waals surface area contributed by atoms with Gasteiger partial charge in [-0.1, -0.05) is 30.3 Å². The smallest absolute Gasteiger partial charge is 0.239 e. The zero-order valence-corrected chi connectivity index (χ0v) is 14.3. The maximum absolute atomic E-state index is 13.1. The van der Waals surface area contributed by atoms with Crippen LogP contribution in [0.15, 0.2) is 54.6 Å². The maximum Gasteiger partial charge on any atom is 0.239 e. The van der Waals surface area contributed by atoms with Crippen molar-refractivity contribution in [1.29, 1.82) is 0 Å². The number of benzene rings is 2. The summed E-state index contributed by atoms with van der Waals surface area (Å²) in [6, 6.07) is 15.9. The summed E-state index contributed by atoms with van der Waals surface area (Å²) in [5.74, 6) is -0.230. The molecule has 1 aliphatic rings. The molecule has 0 saturated carbocycles. The summed E-state index contributed by atoms with van der Waals surface area (Å²) in [6.07, 6.45) is 1.43. The van der Waals surface area contributed by atoms with Crippen LogP contribution in [0, 0.1) is 5.82 Å². The molecule has 0 aromatic heterocycles. The van der Waals surface area contributed by atoms with Crippen molar-refractivity contribution in [3.05, 3.63) is 66.0 Å². The molecule has 2 aromatic carbocycles. The van der Waals surface area contributed by atoms with E-state index in [0.29, 0.717) is 19.5 Å². The first-order valence-corrected chi connectivity index (χ1v) is 8.72. The predicted molar refractivity (Wildman–Crippen MR) is 97.9 cm³/mol. The molecule has 0 unspecified atom stereocenters. The first-order valence-electron chi connectivity index (χ1n) is 8.72. The van der Waals surface area contributed by atoms with Gasteiger partial charge in [-0.15, -0.1) is 0 Å². The first-order chi connectivity index (χ1) is 12.1. The zero-order valence-electron chi connectivity index (χ0n) is 14.3. The molecule has 4 nitrogen and oxygen atoms in total. The van der Waals surface area contributed by atoms with Gasteiger partial charge in [0.2, 0.25) is 5.91 Å². The highest BCUT2D eigenvalue weighted by atomic mass is 19.1. The molecule has 1 aliphatic heterocycles. The van der Waals surface area contributed by atoms with Crippen LogP contribution in [0.2, 0.25) is 0 Å². The van der Waals surface area contributed by atoms with Crippen LogP contribution in [0.5, 0.6) is 0 Å². The number of hydrogen-bond donors (Lipinski definition) is 1. The Morgan fingerprint density at radius 3 is 2.44 bits per heavy atom. The molecule has 3 rings (SSSR count). The summed E-state index contributed by atoms with van der Waals surface area (Å²) >= 11 is 0. The summed E-state index contributed by atoms with van der Waals surface area (Å²) in [5, 5.41) is 0. The van der Waals surface area contributed by atoms with Crippen LogP contribution >= 0.6 is 0 Å². The van der Waals surface area contributed by atoms with Crippen molar-refractivity contribution in [3.63, 3.8) is 0 Å². The van der Waals surface area contributed by atoms with Crippen molar-refractivity contribution < 1.29 is 9.18 Å². The van der Waals surface area contributed by atoms with Gasteiger partial charge in [-0.25, -0.2) is 4.39 Å². The number of carbonyl (C=O) groups excluding carboxylic acids is 1. The van der Waals surface area contributed by atoms with Crippen molar-refractivity contribution in [1.82, 2.24) is 4.90 Å². The lowest BCUT2D eigenvalue weighted by molar-refractivity contribution is -0.132. The molecule has 0 spiro atoms. The predicted octanol–water partition coefficient (Wildman–Crippen LogP) is 2.43. The summed E-state index contributed by atoms with van der Waals surface area (Å²) < 4.78 is 13.1. The molecule has 1 atom stereocenters. The molecule has 1 heterocycles. The minimum Gasteiger partial charge on any atom is -0.370 e. The van der Waals surface area contributed by atoms with E-state index in [1.165, 1.54) is 12.1 Å². The van der Waals surface area contributed by atoms with Crippen LogP contribution in [0.1, 0.15) is 12.0 Å². The number of amides is 1. The lowest BCUT2D eigenvalue weighted by atomic mass is 10.1. The van der Waals surface area contributed by atoms with E-state index in [2.05, 4.69) is 4.90 Å². The highest BCUT2D eigenvalue weighted by molar-refractivity contribution is 5.82. The number of halogens is 1. The van der Waals surface area contributed by atoms with Crippen LogP contribution < -0.4 is 10.6 Å². The number of nitrogens with zero attached hydrogens (tertiary/aromatic N) is 2. The van der Waals surface area contributed by atoms with Crippen LogP contribution in [0.3, 0.4) is 0 Å². The van der Waals surface area contributed by atoms with E-state index >= 15 is 0 Å². The van der Waals surface area contributed by atoms with Gasteiger partial charge in [0.25, 0.3) is 0 Å². The molecule has 1 fully saturated rings. The van der Waals surface area contributed by atoms with Crippen molar-refractivity contribution in [3.8, 4) is 0 Å². The Balaban J connectivity index is 1.58. The van der Waals surface area contributed by atoms with E-state index in [9.17, 15) is 9.18 Å². The SMILES string of the molecule is N[C@H](Cc1ccccc1)C(=O)N1CCCN(c2ccc(F)cc2)CC1. The third kappa shape index (κ3) is 4.57. The first kappa shape index (κ1) is 17.4. The average molecular weight is 341 g/mol. The largest absolute Gasteiger partial charge is 0.370 e. The summed E-state index contributed by atoms with van der Waals surface area (Å²) in [7, 11) is 0. The number of hydrogen-bond acceptors (Lipinski definition) is 3. The van der Waals surface area contributed by atoms with E-state index in [0.717, 1.165) is 30.8 Å². The second-order valence-corrected chi connectivity index (χ2v) is 6.44. The summed E-state index contributed by atoms with van der Waals surface area (Å²) in [5.41, 5.74) is 8.21. The normalized spacial score (nSPS) is 16.4. The number of nitrogens with two attached hydrogens (primary N) is 1. The van der Waals surface area contributed by atoms with E-state index in [4.69, 9.17) is 5.73 Å². The fourth-order valence-corrected chi connectivity index (χ4v) is 3.24. The molecule has 5 heteroatoms. The average Bonchev–Trinajstić information content (AvgIpc) is 2.89. The monoisotopic (exact) mass is 341 g/mol. The topological polar surface area (TPSA) is 49.6 Å². The summed E-state index contributed by atoms with van der Waals surface area (Å²) in [6.45, 7) is 2.93. The molecule has 132 valence electrons. The number of carbonyl (C=O) groups is 1.